The topological polar surface area (TPSA) is 61.0 Å². The van der Waals surface area contributed by atoms with Crippen molar-refractivity contribution in [2.45, 2.75) is 33.6 Å². The summed E-state index contributed by atoms with van der Waals surface area (Å²) in [6.07, 6.45) is 1.35. The van der Waals surface area contributed by atoms with E-state index in [0.717, 1.165) is 53.3 Å². The number of amides is 1. The number of imidazole rings is 1. The summed E-state index contributed by atoms with van der Waals surface area (Å²) in [5.41, 5.74) is 4.72. The number of aromatic amines is 1. The fourth-order valence-electron chi connectivity index (χ4n) is 3.14. The number of nitrogens with one attached hydrogen (secondary N) is 2. The Morgan fingerprint density at radius 1 is 1.12 bits per heavy atom. The Labute approximate surface area is 154 Å². The van der Waals surface area contributed by atoms with E-state index in [0.29, 0.717) is 6.42 Å². The molecule has 5 nitrogen and oxygen atoms in total. The minimum absolute atomic E-state index is 0.0445. The summed E-state index contributed by atoms with van der Waals surface area (Å²) in [6, 6.07) is 14.1. The van der Waals surface area contributed by atoms with E-state index in [-0.39, 0.29) is 5.91 Å². The molecule has 0 radical (unpaired) electrons. The largest absolute Gasteiger partial charge is 0.370 e. The van der Waals surface area contributed by atoms with Gasteiger partial charge in [-0.2, -0.15) is 0 Å². The van der Waals surface area contributed by atoms with Crippen molar-refractivity contribution in [1.82, 2.24) is 9.97 Å². The van der Waals surface area contributed by atoms with Crippen LogP contribution in [0.25, 0.3) is 22.4 Å². The first-order chi connectivity index (χ1) is 12.7. The number of aromatic nitrogens is 2. The lowest BCUT2D eigenvalue weighted by Gasteiger charge is -2.24. The molecule has 5 heteroatoms. The number of benzene rings is 2. The molecule has 3 aromatic rings. The van der Waals surface area contributed by atoms with Crippen molar-refractivity contribution in [2.75, 3.05) is 23.3 Å². The van der Waals surface area contributed by atoms with Crippen LogP contribution in [0.2, 0.25) is 0 Å². The number of hydrogen-bond donors (Lipinski definition) is 2. The van der Waals surface area contributed by atoms with Crippen molar-refractivity contribution in [3.63, 3.8) is 0 Å². The zero-order chi connectivity index (χ0) is 18.5. The van der Waals surface area contributed by atoms with Crippen LogP contribution in [0.4, 0.5) is 11.4 Å². The number of carbonyl (C=O) groups is 1. The van der Waals surface area contributed by atoms with Crippen LogP contribution in [0.1, 0.15) is 33.6 Å². The van der Waals surface area contributed by atoms with E-state index in [4.69, 9.17) is 4.98 Å². The lowest BCUT2D eigenvalue weighted by Crippen LogP contribution is -2.24. The third-order valence-corrected chi connectivity index (χ3v) is 4.50. The van der Waals surface area contributed by atoms with Crippen molar-refractivity contribution in [1.29, 1.82) is 0 Å². The zero-order valence-electron chi connectivity index (χ0n) is 15.7. The Morgan fingerprint density at radius 3 is 2.50 bits per heavy atom. The summed E-state index contributed by atoms with van der Waals surface area (Å²) >= 11 is 0. The Bertz CT molecular complexity index is 882. The smallest absolute Gasteiger partial charge is 0.224 e. The molecule has 0 bridgehead atoms. The van der Waals surface area contributed by atoms with Crippen LogP contribution in [0.3, 0.4) is 0 Å². The van der Waals surface area contributed by atoms with Gasteiger partial charge in [0, 0.05) is 25.1 Å². The Kier molecular flexibility index (Phi) is 5.56. The van der Waals surface area contributed by atoms with Gasteiger partial charge in [0.1, 0.15) is 5.82 Å². The zero-order valence-corrected chi connectivity index (χ0v) is 15.7. The number of H-pyrrole nitrogens is 1. The third-order valence-electron chi connectivity index (χ3n) is 4.50. The maximum absolute atomic E-state index is 12.2. The van der Waals surface area contributed by atoms with Crippen LogP contribution in [0.15, 0.2) is 42.5 Å². The van der Waals surface area contributed by atoms with E-state index in [9.17, 15) is 4.79 Å². The monoisotopic (exact) mass is 350 g/mol. The molecule has 0 fully saturated rings. The summed E-state index contributed by atoms with van der Waals surface area (Å²) in [4.78, 5) is 22.5. The lowest BCUT2D eigenvalue weighted by atomic mass is 10.2. The van der Waals surface area contributed by atoms with Crippen molar-refractivity contribution in [3.05, 3.63) is 42.5 Å². The Balaban J connectivity index is 2.07. The van der Waals surface area contributed by atoms with Gasteiger partial charge in [-0.05, 0) is 32.4 Å². The molecule has 0 saturated heterocycles. The van der Waals surface area contributed by atoms with Gasteiger partial charge in [0.05, 0.1) is 22.4 Å². The van der Waals surface area contributed by atoms with Gasteiger partial charge in [0.15, 0.2) is 0 Å². The van der Waals surface area contributed by atoms with E-state index in [1.807, 2.05) is 43.3 Å². The van der Waals surface area contributed by atoms with Crippen LogP contribution in [-0.2, 0) is 4.79 Å². The molecule has 0 spiro atoms. The fourth-order valence-corrected chi connectivity index (χ4v) is 3.14. The van der Waals surface area contributed by atoms with Gasteiger partial charge in [-0.25, -0.2) is 4.98 Å². The highest BCUT2D eigenvalue weighted by Gasteiger charge is 2.15. The fraction of sp³-hybridized carbons (Fsp3) is 0.333. The molecule has 1 heterocycles. The van der Waals surface area contributed by atoms with E-state index >= 15 is 0 Å². The van der Waals surface area contributed by atoms with Gasteiger partial charge in [-0.3, -0.25) is 4.79 Å². The number of carbonyl (C=O) groups excluding carboxylic acids is 1. The molecule has 0 aliphatic carbocycles. The van der Waals surface area contributed by atoms with Gasteiger partial charge in [-0.15, -0.1) is 0 Å². The molecule has 1 aromatic heterocycles. The predicted molar refractivity (Wildman–Crippen MR) is 109 cm³/mol. The minimum Gasteiger partial charge on any atom is -0.370 e. The maximum atomic E-state index is 12.2. The molecule has 0 unspecified atom stereocenters. The molecule has 2 N–H and O–H groups in total. The molecule has 0 aliphatic heterocycles. The lowest BCUT2D eigenvalue weighted by molar-refractivity contribution is -0.116. The minimum atomic E-state index is 0.0445. The van der Waals surface area contributed by atoms with E-state index < -0.39 is 0 Å². The van der Waals surface area contributed by atoms with Crippen LogP contribution in [0, 0.1) is 0 Å². The summed E-state index contributed by atoms with van der Waals surface area (Å²) in [6.45, 7) is 7.98. The standard InChI is InChI=1S/C21H26N4O/c1-4-10-20(26)22-18-13-16-17(14-19(18)25(5-2)6-3)24-21(23-16)15-11-8-7-9-12-15/h7-9,11-14H,4-6,10H2,1-3H3,(H,22,26)(H,23,24). The molecule has 1 amide bonds. The van der Waals surface area contributed by atoms with Gasteiger partial charge in [0.25, 0.3) is 0 Å². The van der Waals surface area contributed by atoms with E-state index in [1.54, 1.807) is 0 Å². The number of anilines is 2. The highest BCUT2D eigenvalue weighted by Crippen LogP contribution is 2.32. The summed E-state index contributed by atoms with van der Waals surface area (Å²) in [5.74, 6) is 0.881. The molecular weight excluding hydrogens is 324 g/mol. The summed E-state index contributed by atoms with van der Waals surface area (Å²) < 4.78 is 0. The Morgan fingerprint density at radius 2 is 1.85 bits per heavy atom. The van der Waals surface area contributed by atoms with Gasteiger partial charge < -0.3 is 15.2 Å². The third kappa shape index (κ3) is 3.72. The van der Waals surface area contributed by atoms with E-state index in [2.05, 4.69) is 35.1 Å². The highest BCUT2D eigenvalue weighted by atomic mass is 16.1. The van der Waals surface area contributed by atoms with Gasteiger partial charge >= 0.3 is 0 Å². The maximum Gasteiger partial charge on any atom is 0.224 e. The van der Waals surface area contributed by atoms with Crippen molar-refractivity contribution >= 4 is 28.3 Å². The first-order valence-corrected chi connectivity index (χ1v) is 9.30. The van der Waals surface area contributed by atoms with Gasteiger partial charge in [-0.1, -0.05) is 37.3 Å². The molecule has 0 aliphatic rings. The molecule has 26 heavy (non-hydrogen) atoms. The number of nitrogens with zero attached hydrogens (tertiary/aromatic N) is 2. The highest BCUT2D eigenvalue weighted by molar-refractivity contribution is 5.98. The number of rotatable bonds is 7. The molecule has 136 valence electrons. The SMILES string of the molecule is CCCC(=O)Nc1cc2[nH]c(-c3ccccc3)nc2cc1N(CC)CC. The second kappa shape index (κ2) is 8.04. The average Bonchev–Trinajstić information content (AvgIpc) is 3.06. The number of fused-ring (bicyclic) bond motifs is 1. The predicted octanol–water partition coefficient (Wildman–Crippen LogP) is 4.81. The first-order valence-electron chi connectivity index (χ1n) is 9.30. The normalized spacial score (nSPS) is 10.9. The first kappa shape index (κ1) is 18.0. The van der Waals surface area contributed by atoms with Crippen LogP contribution >= 0.6 is 0 Å². The molecule has 2 aromatic carbocycles. The van der Waals surface area contributed by atoms with Gasteiger partial charge in [0.2, 0.25) is 5.91 Å². The van der Waals surface area contributed by atoms with Crippen LogP contribution in [0.5, 0.6) is 0 Å². The Hall–Kier alpha value is -2.82. The van der Waals surface area contributed by atoms with Crippen LogP contribution in [-0.4, -0.2) is 29.0 Å². The molecule has 3 rings (SSSR count). The van der Waals surface area contributed by atoms with Crippen molar-refractivity contribution in [2.24, 2.45) is 0 Å². The second-order valence-corrected chi connectivity index (χ2v) is 6.31. The quantitative estimate of drug-likeness (QED) is 0.642. The summed E-state index contributed by atoms with van der Waals surface area (Å²) in [7, 11) is 0. The number of hydrogen-bond acceptors (Lipinski definition) is 3. The molecule has 0 saturated carbocycles. The van der Waals surface area contributed by atoms with Crippen LogP contribution < -0.4 is 10.2 Å². The van der Waals surface area contributed by atoms with Crippen molar-refractivity contribution in [3.8, 4) is 11.4 Å². The second-order valence-electron chi connectivity index (χ2n) is 6.31. The molecular formula is C21H26N4O. The average molecular weight is 350 g/mol. The van der Waals surface area contributed by atoms with E-state index in [1.165, 1.54) is 0 Å². The molecule has 0 atom stereocenters. The summed E-state index contributed by atoms with van der Waals surface area (Å²) in [5, 5.41) is 3.07. The van der Waals surface area contributed by atoms with Crippen molar-refractivity contribution < 1.29 is 4.79 Å².